The molecule has 1 fully saturated rings. The molecule has 2 amide bonds. The van der Waals surface area contributed by atoms with Gasteiger partial charge in [0.05, 0.1) is 25.1 Å². The third-order valence-corrected chi connectivity index (χ3v) is 5.87. The Hall–Kier alpha value is -3.62. The Morgan fingerprint density at radius 2 is 1.74 bits per heavy atom. The van der Waals surface area contributed by atoms with Gasteiger partial charge in [0, 0.05) is 43.2 Å². The van der Waals surface area contributed by atoms with Gasteiger partial charge in [0.1, 0.15) is 11.4 Å². The average Bonchev–Trinajstić information content (AvgIpc) is 3.28. The minimum absolute atomic E-state index is 0.173. The van der Waals surface area contributed by atoms with E-state index in [1.54, 1.807) is 34.4 Å². The smallest absolute Gasteiger partial charge is 0.409 e. The average molecular weight is 466 g/mol. The van der Waals surface area contributed by atoms with E-state index in [0.29, 0.717) is 49.9 Å². The molecule has 1 aliphatic rings. The van der Waals surface area contributed by atoms with Gasteiger partial charge in [-0.25, -0.2) is 14.3 Å². The van der Waals surface area contributed by atoms with Crippen LogP contribution in [-0.2, 0) is 10.2 Å². The molecule has 3 aromatic rings. The van der Waals surface area contributed by atoms with E-state index in [0.717, 1.165) is 17.0 Å². The van der Waals surface area contributed by atoms with E-state index in [9.17, 15) is 9.59 Å². The van der Waals surface area contributed by atoms with Crippen molar-refractivity contribution >= 4 is 17.6 Å². The first-order valence-electron chi connectivity index (χ1n) is 11.5. The molecule has 0 unspecified atom stereocenters. The summed E-state index contributed by atoms with van der Waals surface area (Å²) in [6.45, 7) is 10.1. The van der Waals surface area contributed by atoms with Crippen LogP contribution in [0.4, 0.5) is 4.79 Å². The Bertz CT molecular complexity index is 1210. The zero-order valence-corrected chi connectivity index (χ0v) is 20.4. The lowest BCUT2D eigenvalue weighted by molar-refractivity contribution is 0.0566. The molecule has 0 radical (unpaired) electrons. The van der Waals surface area contributed by atoms with Crippen LogP contribution < -0.4 is 4.74 Å². The van der Waals surface area contributed by atoms with E-state index in [2.05, 4.69) is 25.8 Å². The van der Waals surface area contributed by atoms with E-state index in [-0.39, 0.29) is 17.4 Å². The number of carbonyl (C=O) groups is 2. The summed E-state index contributed by atoms with van der Waals surface area (Å²) in [5.41, 5.74) is 3.29. The van der Waals surface area contributed by atoms with Crippen molar-refractivity contribution in [3.05, 3.63) is 47.8 Å². The molecule has 0 N–H and O–H groups in total. The monoisotopic (exact) mass is 465 g/mol. The minimum Gasteiger partial charge on any atom is -0.497 e. The summed E-state index contributed by atoms with van der Waals surface area (Å²) in [4.78, 5) is 33.4. The van der Waals surface area contributed by atoms with Crippen molar-refractivity contribution in [3.8, 4) is 17.0 Å². The van der Waals surface area contributed by atoms with Crippen LogP contribution in [0.2, 0.25) is 0 Å². The quantitative estimate of drug-likeness (QED) is 0.585. The van der Waals surface area contributed by atoms with Gasteiger partial charge in [-0.05, 0) is 25.1 Å². The van der Waals surface area contributed by atoms with Crippen LogP contribution in [0.5, 0.6) is 5.75 Å². The summed E-state index contributed by atoms with van der Waals surface area (Å²) < 4.78 is 12.3. The third kappa shape index (κ3) is 4.69. The number of amides is 2. The van der Waals surface area contributed by atoms with E-state index >= 15 is 0 Å². The van der Waals surface area contributed by atoms with Crippen molar-refractivity contribution in [2.45, 2.75) is 33.1 Å². The van der Waals surface area contributed by atoms with E-state index in [1.165, 1.54) is 0 Å². The summed E-state index contributed by atoms with van der Waals surface area (Å²) >= 11 is 0. The van der Waals surface area contributed by atoms with Crippen molar-refractivity contribution in [1.29, 1.82) is 0 Å². The number of methoxy groups -OCH3 is 1. The van der Waals surface area contributed by atoms with Gasteiger partial charge in [-0.2, -0.15) is 5.10 Å². The predicted molar refractivity (Wildman–Crippen MR) is 128 cm³/mol. The van der Waals surface area contributed by atoms with Crippen molar-refractivity contribution in [2.75, 3.05) is 39.9 Å². The molecular formula is C25H31N5O4. The summed E-state index contributed by atoms with van der Waals surface area (Å²) in [7, 11) is 1.62. The molecule has 9 heteroatoms. The third-order valence-electron chi connectivity index (χ3n) is 5.87. The Balaban J connectivity index is 1.70. The molecular weight excluding hydrogens is 434 g/mol. The topological polar surface area (TPSA) is 89.3 Å². The number of piperazine rings is 1. The molecule has 4 rings (SSSR count). The van der Waals surface area contributed by atoms with E-state index in [4.69, 9.17) is 14.6 Å². The standard InChI is InChI=1S/C25H31N5O4/c1-6-34-24(32)29-12-10-28(11-13-29)23(31)19-15-20(17-8-7-9-18(14-17)33-5)30-22(26-19)16-21(27-30)25(2,3)4/h7-9,14-16H,6,10-13H2,1-5H3. The van der Waals surface area contributed by atoms with Gasteiger partial charge in [-0.3, -0.25) is 4.79 Å². The lowest BCUT2D eigenvalue weighted by Gasteiger charge is -2.33. The Morgan fingerprint density at radius 3 is 2.38 bits per heavy atom. The summed E-state index contributed by atoms with van der Waals surface area (Å²) in [6, 6.07) is 11.4. The number of nitrogens with zero attached hydrogens (tertiary/aromatic N) is 5. The Morgan fingerprint density at radius 1 is 1.03 bits per heavy atom. The van der Waals surface area contributed by atoms with Crippen LogP contribution in [0.15, 0.2) is 36.4 Å². The molecule has 9 nitrogen and oxygen atoms in total. The predicted octanol–water partition coefficient (Wildman–Crippen LogP) is 3.62. The van der Waals surface area contributed by atoms with Crippen LogP contribution >= 0.6 is 0 Å². The first-order chi connectivity index (χ1) is 16.2. The van der Waals surface area contributed by atoms with Gasteiger partial charge in [-0.15, -0.1) is 0 Å². The Labute approximate surface area is 199 Å². The fourth-order valence-electron chi connectivity index (χ4n) is 3.91. The number of aromatic nitrogens is 3. The van der Waals surface area contributed by atoms with Crippen LogP contribution in [0.3, 0.4) is 0 Å². The highest BCUT2D eigenvalue weighted by Gasteiger charge is 2.28. The first kappa shape index (κ1) is 23.5. The van der Waals surface area contributed by atoms with Crippen molar-refractivity contribution < 1.29 is 19.1 Å². The maximum atomic E-state index is 13.4. The number of benzene rings is 1. The molecule has 1 saturated heterocycles. The van der Waals surface area contributed by atoms with Crippen LogP contribution in [-0.4, -0.2) is 76.3 Å². The minimum atomic E-state index is -0.344. The molecule has 34 heavy (non-hydrogen) atoms. The van der Waals surface area contributed by atoms with Crippen molar-refractivity contribution in [3.63, 3.8) is 0 Å². The number of fused-ring (bicyclic) bond motifs is 1. The normalized spacial score (nSPS) is 14.4. The molecule has 2 aromatic heterocycles. The summed E-state index contributed by atoms with van der Waals surface area (Å²) in [5, 5.41) is 4.81. The summed E-state index contributed by atoms with van der Waals surface area (Å²) in [6.07, 6.45) is -0.344. The molecule has 3 heterocycles. The second-order valence-electron chi connectivity index (χ2n) is 9.29. The lowest BCUT2D eigenvalue weighted by atomic mass is 9.93. The highest BCUT2D eigenvalue weighted by Crippen LogP contribution is 2.28. The molecule has 0 atom stereocenters. The lowest BCUT2D eigenvalue weighted by Crippen LogP contribution is -2.50. The second-order valence-corrected chi connectivity index (χ2v) is 9.29. The summed E-state index contributed by atoms with van der Waals surface area (Å²) in [5.74, 6) is 0.544. The van der Waals surface area contributed by atoms with E-state index in [1.807, 2.05) is 30.3 Å². The van der Waals surface area contributed by atoms with Crippen LogP contribution in [0.1, 0.15) is 43.9 Å². The van der Waals surface area contributed by atoms with Crippen LogP contribution in [0.25, 0.3) is 16.9 Å². The van der Waals surface area contributed by atoms with Crippen molar-refractivity contribution in [1.82, 2.24) is 24.4 Å². The van der Waals surface area contributed by atoms with Gasteiger partial charge < -0.3 is 19.3 Å². The number of rotatable bonds is 4. The molecule has 1 aromatic carbocycles. The molecule has 1 aliphatic heterocycles. The number of carbonyl (C=O) groups excluding carboxylic acids is 2. The largest absolute Gasteiger partial charge is 0.497 e. The zero-order chi connectivity index (χ0) is 24.5. The SMILES string of the molecule is CCOC(=O)N1CCN(C(=O)c2cc(-c3cccc(OC)c3)n3nc(C(C)(C)C)cc3n2)CC1. The maximum Gasteiger partial charge on any atom is 0.409 e. The first-order valence-corrected chi connectivity index (χ1v) is 11.5. The second kappa shape index (κ2) is 9.32. The number of hydrogen-bond donors (Lipinski definition) is 0. The molecule has 0 spiro atoms. The van der Waals surface area contributed by atoms with Gasteiger partial charge in [0.25, 0.3) is 5.91 Å². The van der Waals surface area contributed by atoms with Crippen LogP contribution in [0, 0.1) is 0 Å². The van der Waals surface area contributed by atoms with E-state index < -0.39 is 0 Å². The van der Waals surface area contributed by atoms with Gasteiger partial charge >= 0.3 is 6.09 Å². The fraction of sp³-hybridized carbons (Fsp3) is 0.440. The highest BCUT2D eigenvalue weighted by molar-refractivity contribution is 5.94. The fourth-order valence-corrected chi connectivity index (χ4v) is 3.91. The van der Waals surface area contributed by atoms with Gasteiger partial charge in [0.15, 0.2) is 5.65 Å². The Kier molecular flexibility index (Phi) is 6.45. The zero-order valence-electron chi connectivity index (χ0n) is 20.4. The maximum absolute atomic E-state index is 13.4. The highest BCUT2D eigenvalue weighted by atomic mass is 16.6. The number of ether oxygens (including phenoxy) is 2. The number of hydrogen-bond acceptors (Lipinski definition) is 6. The van der Waals surface area contributed by atoms with Gasteiger partial charge in [0.2, 0.25) is 0 Å². The molecule has 0 bridgehead atoms. The molecule has 180 valence electrons. The molecule has 0 aliphatic carbocycles. The van der Waals surface area contributed by atoms with Crippen molar-refractivity contribution in [2.24, 2.45) is 0 Å². The molecule has 0 saturated carbocycles. The van der Waals surface area contributed by atoms with Gasteiger partial charge in [-0.1, -0.05) is 32.9 Å².